The molecule has 0 fully saturated rings. The number of thiazole rings is 1. The quantitative estimate of drug-likeness (QED) is 0.305. The molecule has 36 heavy (non-hydrogen) atoms. The summed E-state index contributed by atoms with van der Waals surface area (Å²) in [6.07, 6.45) is 2.21. The van der Waals surface area contributed by atoms with Gasteiger partial charge < -0.3 is 25.5 Å². The summed E-state index contributed by atoms with van der Waals surface area (Å²) >= 11 is 1.39. The van der Waals surface area contributed by atoms with Crippen molar-refractivity contribution in [3.05, 3.63) is 58.8 Å². The van der Waals surface area contributed by atoms with Crippen molar-refractivity contribution in [1.82, 2.24) is 20.6 Å². The summed E-state index contributed by atoms with van der Waals surface area (Å²) in [6, 6.07) is 9.31. The third kappa shape index (κ3) is 5.89. The van der Waals surface area contributed by atoms with E-state index < -0.39 is 24.6 Å². The van der Waals surface area contributed by atoms with E-state index in [1.165, 1.54) is 11.3 Å². The smallest absolute Gasteiger partial charge is 0.426 e. The Morgan fingerprint density at radius 3 is 2.75 bits per heavy atom. The normalized spacial score (nSPS) is 18.0. The third-order valence-corrected chi connectivity index (χ3v) is 6.58. The van der Waals surface area contributed by atoms with Crippen molar-refractivity contribution in [1.29, 1.82) is 0 Å². The zero-order valence-electron chi connectivity index (χ0n) is 20.0. The van der Waals surface area contributed by atoms with Gasteiger partial charge in [-0.05, 0) is 23.8 Å². The number of aromatic nitrogens is 2. The van der Waals surface area contributed by atoms with Crippen LogP contribution in [0, 0.1) is 5.92 Å². The van der Waals surface area contributed by atoms with E-state index in [0.717, 1.165) is 10.8 Å². The Kier molecular flexibility index (Phi) is 7.97. The highest BCUT2D eigenvalue weighted by atomic mass is 32.1. The van der Waals surface area contributed by atoms with Gasteiger partial charge in [0.1, 0.15) is 5.69 Å². The first-order chi connectivity index (χ1) is 17.3. The minimum Gasteiger partial charge on any atom is -0.426 e. The van der Waals surface area contributed by atoms with Gasteiger partial charge in [-0.25, -0.2) is 4.98 Å². The molecule has 2 atom stereocenters. The average Bonchev–Trinajstić information content (AvgIpc) is 3.52. The first-order valence-corrected chi connectivity index (χ1v) is 12.6. The number of nitrogens with zero attached hydrogens (tertiary/aromatic N) is 3. The highest BCUT2D eigenvalue weighted by Crippen LogP contribution is 2.29. The van der Waals surface area contributed by atoms with E-state index in [0.29, 0.717) is 23.5 Å². The maximum Gasteiger partial charge on any atom is 0.475 e. The Morgan fingerprint density at radius 1 is 1.22 bits per heavy atom. The largest absolute Gasteiger partial charge is 0.475 e. The standard InChI is InChI=1S/C24H28BN5O5S/c1-15(2)9-20(25(33)34)29-23(32)24(11-18-13-36-14-28-18)10-17(30-35-24)12-27-22(31)21-19-6-4-3-5-16(19)7-8-26-21/h3-8,13-15,20,33-34H,9-12H2,1-2H3,(H,27,31)(H,29,32)/t20-,24?/m0/s1. The number of carbonyl (C=O) groups excluding carboxylic acids is 2. The molecule has 1 aliphatic rings. The van der Waals surface area contributed by atoms with E-state index in [-0.39, 0.29) is 31.2 Å². The summed E-state index contributed by atoms with van der Waals surface area (Å²) in [5, 5.41) is 32.7. The lowest BCUT2D eigenvalue weighted by atomic mass is 9.74. The summed E-state index contributed by atoms with van der Waals surface area (Å²) in [4.78, 5) is 40.5. The molecule has 3 aromatic rings. The van der Waals surface area contributed by atoms with Crippen LogP contribution in [0.1, 0.15) is 42.9 Å². The van der Waals surface area contributed by atoms with Crippen LogP contribution in [0.5, 0.6) is 0 Å². The van der Waals surface area contributed by atoms with Gasteiger partial charge >= 0.3 is 7.12 Å². The second kappa shape index (κ2) is 11.1. The fraction of sp³-hybridized carbons (Fsp3) is 0.375. The van der Waals surface area contributed by atoms with Crippen LogP contribution >= 0.6 is 11.3 Å². The summed E-state index contributed by atoms with van der Waals surface area (Å²) < 4.78 is 0. The van der Waals surface area contributed by atoms with Crippen LogP contribution in [0.4, 0.5) is 0 Å². The maximum atomic E-state index is 13.4. The highest BCUT2D eigenvalue weighted by molar-refractivity contribution is 7.07. The fourth-order valence-corrected chi connectivity index (χ4v) is 4.74. The second-order valence-electron chi connectivity index (χ2n) is 9.26. The molecule has 0 radical (unpaired) electrons. The Balaban J connectivity index is 1.47. The number of oxime groups is 1. The van der Waals surface area contributed by atoms with Crippen LogP contribution in [0.15, 0.2) is 52.6 Å². The predicted molar refractivity (Wildman–Crippen MR) is 137 cm³/mol. The Morgan fingerprint density at radius 2 is 2.03 bits per heavy atom. The van der Waals surface area contributed by atoms with E-state index in [4.69, 9.17) is 4.84 Å². The molecule has 0 bridgehead atoms. The molecule has 2 aromatic heterocycles. The van der Waals surface area contributed by atoms with Crippen LogP contribution in [0.2, 0.25) is 0 Å². The van der Waals surface area contributed by atoms with Gasteiger partial charge in [0.05, 0.1) is 29.4 Å². The molecule has 10 nitrogen and oxygen atoms in total. The van der Waals surface area contributed by atoms with E-state index in [1.807, 2.05) is 49.6 Å². The van der Waals surface area contributed by atoms with Crippen LogP contribution in [0.25, 0.3) is 10.8 Å². The Bertz CT molecular complexity index is 1250. The van der Waals surface area contributed by atoms with Gasteiger partial charge in [-0.3, -0.25) is 14.6 Å². The number of benzene rings is 1. The van der Waals surface area contributed by atoms with Crippen LogP contribution in [-0.2, 0) is 16.1 Å². The van der Waals surface area contributed by atoms with Crippen molar-refractivity contribution < 1.29 is 24.5 Å². The zero-order chi connectivity index (χ0) is 25.7. The molecule has 0 saturated heterocycles. The van der Waals surface area contributed by atoms with Crippen molar-refractivity contribution in [3.8, 4) is 0 Å². The minimum atomic E-state index is -1.72. The molecule has 12 heteroatoms. The molecule has 4 rings (SSSR count). The lowest BCUT2D eigenvalue weighted by Crippen LogP contribution is -2.56. The first-order valence-electron chi connectivity index (χ1n) is 11.7. The van der Waals surface area contributed by atoms with Crippen LogP contribution in [-0.4, -0.2) is 62.7 Å². The first kappa shape index (κ1) is 25.7. The second-order valence-corrected chi connectivity index (χ2v) is 9.98. The number of nitrogens with one attached hydrogen (secondary N) is 2. The Hall–Kier alpha value is -3.35. The average molecular weight is 509 g/mol. The van der Waals surface area contributed by atoms with Crippen molar-refractivity contribution in [2.75, 3.05) is 6.54 Å². The number of pyridine rings is 1. The van der Waals surface area contributed by atoms with E-state index >= 15 is 0 Å². The topological polar surface area (TPSA) is 146 Å². The van der Waals surface area contributed by atoms with Crippen LogP contribution < -0.4 is 10.6 Å². The number of hydrogen-bond donors (Lipinski definition) is 4. The summed E-state index contributed by atoms with van der Waals surface area (Å²) in [5.41, 5.74) is 1.66. The lowest BCUT2D eigenvalue weighted by molar-refractivity contribution is -0.144. The minimum absolute atomic E-state index is 0.0634. The molecule has 1 aromatic carbocycles. The van der Waals surface area contributed by atoms with Gasteiger partial charge in [0.2, 0.25) is 5.60 Å². The molecule has 0 spiro atoms. The van der Waals surface area contributed by atoms with Crippen molar-refractivity contribution in [2.24, 2.45) is 11.1 Å². The number of rotatable bonds is 10. The molecule has 2 amide bonds. The summed E-state index contributed by atoms with van der Waals surface area (Å²) in [6.45, 7) is 3.91. The van der Waals surface area contributed by atoms with E-state index in [2.05, 4.69) is 25.8 Å². The van der Waals surface area contributed by atoms with Gasteiger partial charge in [-0.1, -0.05) is 43.3 Å². The third-order valence-electron chi connectivity index (χ3n) is 5.95. The molecular formula is C24H28BN5O5S. The van der Waals surface area contributed by atoms with Crippen LogP contribution in [0.3, 0.4) is 0 Å². The van der Waals surface area contributed by atoms with Gasteiger partial charge in [-0.2, -0.15) is 0 Å². The monoisotopic (exact) mass is 509 g/mol. The molecule has 1 aliphatic heterocycles. The molecule has 4 N–H and O–H groups in total. The number of carbonyl (C=O) groups is 2. The fourth-order valence-electron chi connectivity index (χ4n) is 4.18. The van der Waals surface area contributed by atoms with E-state index in [9.17, 15) is 19.6 Å². The summed E-state index contributed by atoms with van der Waals surface area (Å²) in [7, 11) is -1.72. The summed E-state index contributed by atoms with van der Waals surface area (Å²) in [5.74, 6) is -1.62. The van der Waals surface area contributed by atoms with Gasteiger partial charge in [0.25, 0.3) is 11.8 Å². The van der Waals surface area contributed by atoms with Gasteiger partial charge in [-0.15, -0.1) is 11.3 Å². The molecule has 0 saturated carbocycles. The zero-order valence-corrected chi connectivity index (χ0v) is 20.9. The molecule has 1 unspecified atom stereocenters. The van der Waals surface area contributed by atoms with Crippen molar-refractivity contribution in [2.45, 2.75) is 44.7 Å². The lowest BCUT2D eigenvalue weighted by Gasteiger charge is -2.28. The number of amides is 2. The van der Waals surface area contributed by atoms with Crippen molar-refractivity contribution >= 4 is 46.8 Å². The molecule has 3 heterocycles. The maximum absolute atomic E-state index is 13.4. The predicted octanol–water partition coefficient (Wildman–Crippen LogP) is 1.72. The van der Waals surface area contributed by atoms with Crippen molar-refractivity contribution in [3.63, 3.8) is 0 Å². The Labute approximate surface area is 212 Å². The highest BCUT2D eigenvalue weighted by Gasteiger charge is 2.48. The van der Waals surface area contributed by atoms with E-state index in [1.54, 1.807) is 11.7 Å². The number of hydrogen-bond acceptors (Lipinski definition) is 9. The molecular weight excluding hydrogens is 481 g/mol. The molecule has 0 aliphatic carbocycles. The van der Waals surface area contributed by atoms with Gasteiger partial charge in [0.15, 0.2) is 0 Å². The SMILES string of the molecule is CC(C)C[C@H](NC(=O)C1(Cc2cscn2)CC(CNC(=O)c2nccc3ccccc23)=NO1)B(O)O. The van der Waals surface area contributed by atoms with Gasteiger partial charge in [0, 0.05) is 29.8 Å². The number of fused-ring (bicyclic) bond motifs is 1. The molecule has 188 valence electrons.